The minimum absolute atomic E-state index is 0.278. The molecule has 1 rings (SSSR count). The molecule has 0 bridgehead atoms. The summed E-state index contributed by atoms with van der Waals surface area (Å²) in [6.07, 6.45) is 0. The number of hydrogen-bond donors (Lipinski definition) is 2. The van der Waals surface area contributed by atoms with Gasteiger partial charge in [-0.25, -0.2) is 4.79 Å². The fourth-order valence-corrected chi connectivity index (χ4v) is 1.36. The Balaban J connectivity index is 2.54. The van der Waals surface area contributed by atoms with Crippen LogP contribution in [0.4, 0.5) is 0 Å². The van der Waals surface area contributed by atoms with Gasteiger partial charge < -0.3 is 9.47 Å². The van der Waals surface area contributed by atoms with Crippen molar-refractivity contribution in [3.05, 3.63) is 29.3 Å². The summed E-state index contributed by atoms with van der Waals surface area (Å²) in [7, 11) is 1.50. The third-order valence-electron chi connectivity index (χ3n) is 2.36. The SMILES string of the molecule is COc1cc(C(=O)OCC(=O)NNC(C)=O)ccc1C. The van der Waals surface area contributed by atoms with E-state index in [9.17, 15) is 14.4 Å². The second-order valence-electron chi connectivity index (χ2n) is 3.99. The standard InChI is InChI=1S/C13H16N2O5/c1-8-4-5-10(6-11(8)19-3)13(18)20-7-12(17)15-14-9(2)16/h4-6H,7H2,1-3H3,(H,14,16)(H,15,17). The Morgan fingerprint density at radius 2 is 1.90 bits per heavy atom. The Morgan fingerprint density at radius 3 is 2.50 bits per heavy atom. The van der Waals surface area contributed by atoms with Crippen LogP contribution in [0.3, 0.4) is 0 Å². The summed E-state index contributed by atoms with van der Waals surface area (Å²) in [6.45, 7) is 2.59. The van der Waals surface area contributed by atoms with Gasteiger partial charge in [0.1, 0.15) is 5.75 Å². The third-order valence-corrected chi connectivity index (χ3v) is 2.36. The van der Waals surface area contributed by atoms with Crippen molar-refractivity contribution in [2.24, 2.45) is 0 Å². The van der Waals surface area contributed by atoms with Gasteiger partial charge in [-0.05, 0) is 24.6 Å². The van der Waals surface area contributed by atoms with Gasteiger partial charge in [0.25, 0.3) is 5.91 Å². The van der Waals surface area contributed by atoms with E-state index >= 15 is 0 Å². The highest BCUT2D eigenvalue weighted by Crippen LogP contribution is 2.19. The van der Waals surface area contributed by atoms with E-state index in [2.05, 4.69) is 10.9 Å². The van der Waals surface area contributed by atoms with E-state index in [-0.39, 0.29) is 5.56 Å². The highest BCUT2D eigenvalue weighted by atomic mass is 16.5. The van der Waals surface area contributed by atoms with Crippen LogP contribution < -0.4 is 15.6 Å². The van der Waals surface area contributed by atoms with Crippen LogP contribution in [0.25, 0.3) is 0 Å². The molecule has 0 aromatic heterocycles. The summed E-state index contributed by atoms with van der Waals surface area (Å²) in [4.78, 5) is 33.5. The van der Waals surface area contributed by atoms with E-state index in [0.29, 0.717) is 5.75 Å². The second-order valence-corrected chi connectivity index (χ2v) is 3.99. The highest BCUT2D eigenvalue weighted by molar-refractivity contribution is 5.92. The largest absolute Gasteiger partial charge is 0.496 e. The zero-order valence-corrected chi connectivity index (χ0v) is 11.5. The van der Waals surface area contributed by atoms with Gasteiger partial charge in [-0.2, -0.15) is 0 Å². The molecule has 2 amide bonds. The molecule has 0 atom stereocenters. The number of benzene rings is 1. The first kappa shape index (κ1) is 15.5. The van der Waals surface area contributed by atoms with Gasteiger partial charge in [0.15, 0.2) is 6.61 Å². The fraction of sp³-hybridized carbons (Fsp3) is 0.308. The monoisotopic (exact) mass is 280 g/mol. The summed E-state index contributed by atoms with van der Waals surface area (Å²) < 4.78 is 9.90. The Labute approximate surface area is 116 Å². The molecule has 108 valence electrons. The number of ether oxygens (including phenoxy) is 2. The molecule has 7 heteroatoms. The smallest absolute Gasteiger partial charge is 0.338 e. The van der Waals surface area contributed by atoms with Gasteiger partial charge in [-0.15, -0.1) is 0 Å². The first-order valence-corrected chi connectivity index (χ1v) is 5.81. The van der Waals surface area contributed by atoms with Crippen LogP contribution in [0, 0.1) is 6.92 Å². The highest BCUT2D eigenvalue weighted by Gasteiger charge is 2.12. The number of hydrazine groups is 1. The Bertz CT molecular complexity index is 527. The van der Waals surface area contributed by atoms with Crippen LogP contribution in [-0.4, -0.2) is 31.5 Å². The molecule has 0 unspecified atom stereocenters. The lowest BCUT2D eigenvalue weighted by atomic mass is 10.1. The Kier molecular flexibility index (Phi) is 5.52. The number of carbonyl (C=O) groups is 3. The van der Waals surface area contributed by atoms with Gasteiger partial charge in [0, 0.05) is 6.92 Å². The number of hydrogen-bond acceptors (Lipinski definition) is 5. The van der Waals surface area contributed by atoms with Crippen LogP contribution in [0.15, 0.2) is 18.2 Å². The molecule has 0 saturated heterocycles. The van der Waals surface area contributed by atoms with Gasteiger partial charge >= 0.3 is 5.97 Å². The predicted molar refractivity (Wildman–Crippen MR) is 70.0 cm³/mol. The zero-order chi connectivity index (χ0) is 15.1. The van der Waals surface area contributed by atoms with Crippen molar-refractivity contribution < 1.29 is 23.9 Å². The maximum atomic E-state index is 11.7. The van der Waals surface area contributed by atoms with Crippen molar-refractivity contribution >= 4 is 17.8 Å². The number of esters is 1. The minimum atomic E-state index is -0.652. The van der Waals surface area contributed by atoms with E-state index < -0.39 is 24.4 Å². The molecule has 0 saturated carbocycles. The fourth-order valence-electron chi connectivity index (χ4n) is 1.36. The molecule has 0 radical (unpaired) electrons. The van der Waals surface area contributed by atoms with Crippen molar-refractivity contribution in [2.75, 3.05) is 13.7 Å². The van der Waals surface area contributed by atoms with E-state index in [1.165, 1.54) is 20.1 Å². The Hall–Kier alpha value is -2.57. The second kappa shape index (κ2) is 7.13. The molecule has 0 heterocycles. The number of methoxy groups -OCH3 is 1. The first-order chi connectivity index (χ1) is 9.43. The lowest BCUT2D eigenvalue weighted by Gasteiger charge is -2.08. The minimum Gasteiger partial charge on any atom is -0.496 e. The number of nitrogens with one attached hydrogen (secondary N) is 2. The van der Waals surface area contributed by atoms with Crippen LogP contribution in [0.1, 0.15) is 22.8 Å². The van der Waals surface area contributed by atoms with Crippen LogP contribution in [0.2, 0.25) is 0 Å². The quantitative estimate of drug-likeness (QED) is 0.612. The molecule has 0 aliphatic carbocycles. The molecular formula is C13H16N2O5. The maximum Gasteiger partial charge on any atom is 0.338 e. The van der Waals surface area contributed by atoms with E-state index in [1.54, 1.807) is 12.1 Å². The molecule has 1 aromatic carbocycles. The molecule has 20 heavy (non-hydrogen) atoms. The van der Waals surface area contributed by atoms with Gasteiger partial charge in [-0.3, -0.25) is 20.4 Å². The van der Waals surface area contributed by atoms with Gasteiger partial charge in [0.2, 0.25) is 5.91 Å². The van der Waals surface area contributed by atoms with E-state index in [4.69, 9.17) is 9.47 Å². The van der Waals surface area contributed by atoms with E-state index in [0.717, 1.165) is 5.56 Å². The molecule has 0 spiro atoms. The predicted octanol–water partition coefficient (Wildman–Crippen LogP) is 0.328. The summed E-state index contributed by atoms with van der Waals surface area (Å²) in [5, 5.41) is 0. The summed E-state index contributed by atoms with van der Waals surface area (Å²) >= 11 is 0. The summed E-state index contributed by atoms with van der Waals surface area (Å²) in [6, 6.07) is 4.82. The van der Waals surface area contributed by atoms with Crippen LogP contribution in [-0.2, 0) is 14.3 Å². The third kappa shape index (κ3) is 4.60. The topological polar surface area (TPSA) is 93.7 Å². The molecule has 0 aliphatic heterocycles. The first-order valence-electron chi connectivity index (χ1n) is 5.81. The molecule has 0 aliphatic rings. The van der Waals surface area contributed by atoms with Crippen molar-refractivity contribution in [3.8, 4) is 5.75 Å². The lowest BCUT2D eigenvalue weighted by Crippen LogP contribution is -2.42. The average Bonchev–Trinajstić information content (AvgIpc) is 2.42. The molecule has 7 nitrogen and oxygen atoms in total. The van der Waals surface area contributed by atoms with Crippen molar-refractivity contribution in [2.45, 2.75) is 13.8 Å². The molecule has 1 aromatic rings. The summed E-state index contributed by atoms with van der Waals surface area (Å²) in [5.41, 5.74) is 5.32. The number of amides is 2. The molecule has 0 fully saturated rings. The number of carbonyl (C=O) groups excluding carboxylic acids is 3. The number of aryl methyl sites for hydroxylation is 1. The van der Waals surface area contributed by atoms with Crippen LogP contribution >= 0.6 is 0 Å². The van der Waals surface area contributed by atoms with Crippen molar-refractivity contribution in [3.63, 3.8) is 0 Å². The lowest BCUT2D eigenvalue weighted by molar-refractivity contribution is -0.129. The maximum absolute atomic E-state index is 11.7. The molecular weight excluding hydrogens is 264 g/mol. The van der Waals surface area contributed by atoms with Gasteiger partial charge in [-0.1, -0.05) is 6.07 Å². The average molecular weight is 280 g/mol. The number of rotatable bonds is 4. The van der Waals surface area contributed by atoms with Gasteiger partial charge in [0.05, 0.1) is 12.7 Å². The molecule has 2 N–H and O–H groups in total. The van der Waals surface area contributed by atoms with Crippen LogP contribution in [0.5, 0.6) is 5.75 Å². The normalized spacial score (nSPS) is 9.55. The summed E-state index contributed by atoms with van der Waals surface area (Å²) in [5.74, 6) is -1.15. The van der Waals surface area contributed by atoms with E-state index in [1.807, 2.05) is 6.92 Å². The van der Waals surface area contributed by atoms with Crippen molar-refractivity contribution in [1.82, 2.24) is 10.9 Å². The Morgan fingerprint density at radius 1 is 1.20 bits per heavy atom. The van der Waals surface area contributed by atoms with Crippen molar-refractivity contribution in [1.29, 1.82) is 0 Å². The zero-order valence-electron chi connectivity index (χ0n) is 11.5.